The van der Waals surface area contributed by atoms with Gasteiger partial charge in [-0.1, -0.05) is 36.4 Å². The average molecular weight is 1710 g/mol. The number of likely N-dealkylation sites (tertiary alicyclic amines) is 1. The smallest absolute Gasteiger partial charge is 0.314 e. The van der Waals surface area contributed by atoms with E-state index in [2.05, 4.69) is 176 Å². The quantitative estimate of drug-likeness (QED) is 0.0405. The molecule has 17 rings (SSSR count). The van der Waals surface area contributed by atoms with E-state index in [0.717, 1.165) is 151 Å². The van der Waals surface area contributed by atoms with Gasteiger partial charge in [0.25, 0.3) is 5.91 Å². The van der Waals surface area contributed by atoms with Gasteiger partial charge >= 0.3 is 6.03 Å². The number of aromatic nitrogens is 17. The van der Waals surface area contributed by atoms with E-state index in [9.17, 15) is 14.0 Å². The second-order valence-corrected chi connectivity index (χ2v) is 29.5. The topological polar surface area (TPSA) is 362 Å². The number of anilines is 5. The molecule has 0 spiro atoms. The maximum Gasteiger partial charge on any atom is 0.314 e. The van der Waals surface area contributed by atoms with Crippen molar-refractivity contribution < 1.29 is 14.0 Å². The first-order chi connectivity index (χ1) is 52.7. The number of urea groups is 1. The molecule has 3 aromatic carbocycles. The molecule has 29 nitrogen and oxygen atoms in total. The SMILES string of the molecule is Brc1cnn2c(NCc3ccc4nc[nH]c4c3)cc(C3CCNCC3)nc12.CNC(=O)c1ccc(CNc2cc(-c3ccccc3F)nc3c(Br)cnn23)cc1.NC(=O)N1CCC(c2cc(NCc3cccnc3)n3ncc(Br)c3n2)CC1.Nc1ncc(CNc2cc(C3CCCNC3)nc3c(Br)cnn23)cn1. The number of fused-ring (bicyclic) bond motifs is 5. The van der Waals surface area contributed by atoms with Gasteiger partial charge in [0.2, 0.25) is 5.95 Å². The highest BCUT2D eigenvalue weighted by Crippen LogP contribution is 2.34. The van der Waals surface area contributed by atoms with Crippen molar-refractivity contribution in [2.45, 2.75) is 82.5 Å². The molecule has 3 fully saturated rings. The number of nitrogens with one attached hydrogen (secondary N) is 8. The number of nitrogens with two attached hydrogens (primary N) is 2. The molecule has 0 saturated carbocycles. The number of H-pyrrole nitrogens is 1. The van der Waals surface area contributed by atoms with Crippen LogP contribution in [0.3, 0.4) is 0 Å². The molecule has 1 atom stereocenters. The van der Waals surface area contributed by atoms with Crippen LogP contribution in [0.2, 0.25) is 0 Å². The van der Waals surface area contributed by atoms with Gasteiger partial charge in [-0.3, -0.25) is 9.78 Å². The fourth-order valence-corrected chi connectivity index (χ4v) is 14.5. The Kier molecular flexibility index (Phi) is 23.7. The molecule has 11 aromatic heterocycles. The summed E-state index contributed by atoms with van der Waals surface area (Å²) >= 11 is 14.1. The lowest BCUT2D eigenvalue weighted by atomic mass is 9.93. The van der Waals surface area contributed by atoms with E-state index in [1.807, 2.05) is 51.6 Å². The minimum atomic E-state index is -0.353. The third-order valence-electron chi connectivity index (χ3n) is 18.9. The van der Waals surface area contributed by atoms with Gasteiger partial charge in [0.1, 0.15) is 29.1 Å². The molecule has 3 amide bonds. The van der Waals surface area contributed by atoms with E-state index < -0.39 is 0 Å². The van der Waals surface area contributed by atoms with Gasteiger partial charge in [0.15, 0.2) is 22.6 Å². The number of carbonyl (C=O) groups is 2. The number of hydrogen-bond acceptors (Lipinski definition) is 21. The first kappa shape index (κ1) is 74.2. The maximum absolute atomic E-state index is 14.3. The second kappa shape index (κ2) is 34.5. The van der Waals surface area contributed by atoms with Crippen molar-refractivity contribution in [2.75, 3.05) is 73.3 Å². The number of hydrogen-bond donors (Lipinski definition) is 10. The molecule has 3 aliphatic rings. The van der Waals surface area contributed by atoms with E-state index in [1.165, 1.54) is 18.1 Å². The Morgan fingerprint density at radius 3 is 1.61 bits per heavy atom. The van der Waals surface area contributed by atoms with E-state index in [-0.39, 0.29) is 29.6 Å². The molecule has 14 heterocycles. The van der Waals surface area contributed by atoms with Crippen molar-refractivity contribution in [1.29, 1.82) is 0 Å². The normalized spacial score (nSPS) is 14.7. The number of nitrogens with zero attached hydrogens (tertiary/aromatic N) is 17. The number of pyridine rings is 1. The van der Waals surface area contributed by atoms with Gasteiger partial charge in [-0.05, 0) is 181 Å². The summed E-state index contributed by atoms with van der Waals surface area (Å²) in [5.74, 6) is 4.41. The maximum atomic E-state index is 14.3. The van der Waals surface area contributed by atoms with Crippen molar-refractivity contribution in [3.63, 3.8) is 0 Å². The van der Waals surface area contributed by atoms with Gasteiger partial charge in [-0.25, -0.2) is 44.1 Å². The number of carbonyl (C=O) groups excluding carboxylic acids is 2. The molecule has 554 valence electrons. The van der Waals surface area contributed by atoms with Crippen molar-refractivity contribution in [1.82, 2.24) is 104 Å². The number of halogens is 5. The summed E-state index contributed by atoms with van der Waals surface area (Å²) in [6, 6.07) is 31.7. The van der Waals surface area contributed by atoms with Gasteiger partial charge in [-0.2, -0.15) is 38.5 Å². The van der Waals surface area contributed by atoms with E-state index in [0.29, 0.717) is 83.9 Å². The highest BCUT2D eigenvalue weighted by Gasteiger charge is 2.27. The standard InChI is InChI=1S/C21H17BrFN5O.C19H20BrN7.C18H20BrN7O.C16H19BrN8/c1-24-21(29)14-8-6-13(7-9-14)11-25-19-10-18(15-4-2-3-5-17(15)23)27-20-16(22)12-26-28(19)20;20-14-10-25-27-18(8-16(26-19(14)27)13-3-5-21-6-4-13)22-9-12-1-2-15-17(7-12)24-11-23-15;19-14-11-23-26-16(22-10-12-2-1-5-21-9-12)8-15(24-17(14)26)13-3-6-25(7-4-13)18(20)27;17-12-9-23-25-14(20-5-10-6-21-16(18)22-7-10)4-13(24-15(12)25)11-2-1-3-19-8-11/h2-10,12,25H,11H2,1H3,(H,24,29);1-2,7-8,10-11,13,21-22H,3-6,9H2,(H,23,24);1-2,5,8-9,11,13,22H,3-4,6-7,10H2,(H2,20,27);4,6-7,9,11,19-20H,1-3,5,8H2,(H2,18,21,22). The highest BCUT2D eigenvalue weighted by atomic mass is 79.9. The zero-order valence-corrected chi connectivity index (χ0v) is 64.9. The van der Waals surface area contributed by atoms with E-state index >= 15 is 0 Å². The molecule has 1 unspecified atom stereocenters. The Labute approximate surface area is 652 Å². The molecular formula is C74H76Br4FN27O2. The minimum absolute atomic E-state index is 0.128. The predicted molar refractivity (Wildman–Crippen MR) is 427 cm³/mol. The molecule has 34 heteroatoms. The number of rotatable bonds is 17. The van der Waals surface area contributed by atoms with Crippen LogP contribution in [0.4, 0.5) is 38.4 Å². The highest BCUT2D eigenvalue weighted by molar-refractivity contribution is 9.11. The monoisotopic (exact) mass is 1710 g/mol. The van der Waals surface area contributed by atoms with Crippen LogP contribution in [0.5, 0.6) is 0 Å². The molecule has 3 saturated heterocycles. The van der Waals surface area contributed by atoms with Crippen LogP contribution in [-0.2, 0) is 26.2 Å². The Morgan fingerprint density at radius 2 is 1.06 bits per heavy atom. The van der Waals surface area contributed by atoms with Gasteiger partial charge in [-0.15, -0.1) is 0 Å². The Morgan fingerprint density at radius 1 is 0.537 bits per heavy atom. The minimum Gasteiger partial charge on any atom is -0.368 e. The van der Waals surface area contributed by atoms with E-state index in [1.54, 1.807) is 107 Å². The summed E-state index contributed by atoms with van der Waals surface area (Å²) in [7, 11) is 1.60. The Bertz CT molecular complexity index is 5440. The first-order valence-electron chi connectivity index (χ1n) is 35.2. The van der Waals surface area contributed by atoms with Crippen molar-refractivity contribution in [3.05, 3.63) is 228 Å². The lowest BCUT2D eigenvalue weighted by molar-refractivity contribution is 0.0963. The fourth-order valence-electron chi connectivity index (χ4n) is 13.1. The molecule has 12 N–H and O–H groups in total. The number of primary amides is 1. The van der Waals surface area contributed by atoms with Crippen LogP contribution in [-0.4, -0.2) is 146 Å². The van der Waals surface area contributed by atoms with Crippen LogP contribution in [0, 0.1) is 5.82 Å². The number of amides is 3. The number of nitrogen functional groups attached to an aromatic ring is 1. The fraction of sp³-hybridized carbons (Fsp3) is 0.270. The van der Waals surface area contributed by atoms with Crippen LogP contribution >= 0.6 is 63.7 Å². The summed E-state index contributed by atoms with van der Waals surface area (Å²) in [5.41, 5.74) is 24.9. The second-order valence-electron chi connectivity index (χ2n) is 26.0. The molecule has 14 aromatic rings. The summed E-state index contributed by atoms with van der Waals surface area (Å²) in [6.45, 7) is 7.88. The molecule has 108 heavy (non-hydrogen) atoms. The summed E-state index contributed by atoms with van der Waals surface area (Å²) < 4.78 is 24.8. The number of benzene rings is 3. The summed E-state index contributed by atoms with van der Waals surface area (Å²) in [6.07, 6.45) is 22.0. The van der Waals surface area contributed by atoms with Crippen LogP contribution in [0.1, 0.15) is 106 Å². The van der Waals surface area contributed by atoms with Gasteiger partial charge < -0.3 is 58.6 Å². The van der Waals surface area contributed by atoms with Gasteiger partial charge in [0.05, 0.1) is 71.4 Å². The predicted octanol–water partition coefficient (Wildman–Crippen LogP) is 12.4. The van der Waals surface area contributed by atoms with Gasteiger partial charge in [0, 0.05) is 148 Å². The molecule has 0 radical (unpaired) electrons. The molecule has 3 aliphatic heterocycles. The molecule has 0 bridgehead atoms. The zero-order valence-electron chi connectivity index (χ0n) is 58.5. The number of piperidine rings is 3. The Balaban J connectivity index is 0.000000121. The van der Waals surface area contributed by atoms with Crippen molar-refractivity contribution in [2.24, 2.45) is 5.73 Å². The zero-order chi connectivity index (χ0) is 74.6. The first-order valence-corrected chi connectivity index (χ1v) is 38.3. The van der Waals surface area contributed by atoms with Crippen molar-refractivity contribution >= 4 is 138 Å². The number of imidazole rings is 1. The lowest BCUT2D eigenvalue weighted by Gasteiger charge is -2.30. The summed E-state index contributed by atoms with van der Waals surface area (Å²) in [4.78, 5) is 63.4. The van der Waals surface area contributed by atoms with Crippen LogP contribution < -0.4 is 48.7 Å². The Hall–Kier alpha value is -10.7. The summed E-state index contributed by atoms with van der Waals surface area (Å²) in [5, 5.41) is 40.8. The van der Waals surface area contributed by atoms with Crippen LogP contribution in [0.25, 0.3) is 44.9 Å². The number of aromatic amines is 1. The van der Waals surface area contributed by atoms with E-state index in [4.69, 9.17) is 26.4 Å². The van der Waals surface area contributed by atoms with Crippen LogP contribution in [0.15, 0.2) is 177 Å². The third-order valence-corrected chi connectivity index (χ3v) is 21.1. The lowest BCUT2D eigenvalue weighted by Crippen LogP contribution is -2.41. The largest absolute Gasteiger partial charge is 0.368 e. The molecular weight excluding hydrogens is 1640 g/mol. The average Bonchev–Trinajstić information content (AvgIpc) is 1.61. The molecule has 0 aliphatic carbocycles. The van der Waals surface area contributed by atoms with Crippen molar-refractivity contribution in [3.8, 4) is 11.3 Å². The third kappa shape index (κ3) is 17.6.